The third-order valence-corrected chi connectivity index (χ3v) is 10.7. The average molecular weight is 679 g/mol. The van der Waals surface area contributed by atoms with Gasteiger partial charge >= 0.3 is 5.69 Å². The molecule has 49 heavy (non-hydrogen) atoms. The van der Waals surface area contributed by atoms with Crippen molar-refractivity contribution in [1.29, 1.82) is 0 Å². The molecule has 0 bridgehead atoms. The number of hydrogen-bond donors (Lipinski definition) is 1. The molecule has 5 aromatic rings. The maximum atomic E-state index is 13.5. The Morgan fingerprint density at radius 2 is 1.61 bits per heavy atom. The number of nitro benzene ring substituents is 1. The normalized spacial score (nSPS) is 16.0. The number of benzene rings is 4. The molecule has 11 nitrogen and oxygen atoms in total. The quantitative estimate of drug-likeness (QED) is 0.122. The summed E-state index contributed by atoms with van der Waals surface area (Å²) in [4.78, 5) is 24.4. The maximum Gasteiger partial charge on any atom is 0.312 e. The van der Waals surface area contributed by atoms with Crippen LogP contribution in [-0.4, -0.2) is 60.5 Å². The minimum atomic E-state index is -4.21. The first-order valence-corrected chi connectivity index (χ1v) is 18.2. The number of nitro groups is 1. The van der Waals surface area contributed by atoms with Gasteiger partial charge in [-0.15, -0.1) is 0 Å². The SMILES string of the molecule is O=[N+]([O-])c1cc(S(=O)(=O)Nc2ncnc3cc(N4CCN(Cc5ccccc5-c5ccccc5)CC4)ccc23)ccc1OC1CCCCC1. The minimum absolute atomic E-state index is 0.0775. The number of fused-ring (bicyclic) bond motifs is 1. The summed E-state index contributed by atoms with van der Waals surface area (Å²) in [5, 5.41) is 12.4. The molecule has 0 atom stereocenters. The van der Waals surface area contributed by atoms with E-state index in [1.54, 1.807) is 0 Å². The van der Waals surface area contributed by atoms with Gasteiger partial charge in [0.05, 0.1) is 21.4 Å². The first-order valence-electron chi connectivity index (χ1n) is 16.7. The van der Waals surface area contributed by atoms with Crippen molar-refractivity contribution in [3.05, 3.63) is 113 Å². The minimum Gasteiger partial charge on any atom is -0.484 e. The van der Waals surface area contributed by atoms with Crippen LogP contribution in [-0.2, 0) is 16.6 Å². The highest BCUT2D eigenvalue weighted by atomic mass is 32.2. The van der Waals surface area contributed by atoms with Gasteiger partial charge in [-0.05, 0) is 72.7 Å². The second-order valence-corrected chi connectivity index (χ2v) is 14.3. The molecule has 1 aliphatic heterocycles. The lowest BCUT2D eigenvalue weighted by molar-refractivity contribution is -0.386. The van der Waals surface area contributed by atoms with E-state index < -0.39 is 14.9 Å². The number of rotatable bonds is 10. The zero-order chi connectivity index (χ0) is 33.8. The molecule has 2 heterocycles. The Morgan fingerprint density at radius 3 is 2.39 bits per heavy atom. The lowest BCUT2D eigenvalue weighted by Crippen LogP contribution is -2.46. The van der Waals surface area contributed by atoms with E-state index in [4.69, 9.17) is 4.74 Å². The highest BCUT2D eigenvalue weighted by molar-refractivity contribution is 7.92. The summed E-state index contributed by atoms with van der Waals surface area (Å²) in [6, 6.07) is 28.5. The van der Waals surface area contributed by atoms with E-state index in [-0.39, 0.29) is 28.3 Å². The van der Waals surface area contributed by atoms with Crippen LogP contribution < -0.4 is 14.4 Å². The van der Waals surface area contributed by atoms with Crippen LogP contribution in [0.1, 0.15) is 37.7 Å². The van der Waals surface area contributed by atoms with Gasteiger partial charge < -0.3 is 9.64 Å². The molecular formula is C37H38N6O5S. The Morgan fingerprint density at radius 1 is 0.857 bits per heavy atom. The van der Waals surface area contributed by atoms with Crippen LogP contribution in [0.25, 0.3) is 22.0 Å². The average Bonchev–Trinajstić information content (AvgIpc) is 3.13. The van der Waals surface area contributed by atoms with Gasteiger partial charge in [0, 0.05) is 49.9 Å². The Bertz CT molecular complexity index is 2060. The van der Waals surface area contributed by atoms with Gasteiger partial charge in [0.25, 0.3) is 10.0 Å². The van der Waals surface area contributed by atoms with E-state index in [9.17, 15) is 18.5 Å². The third kappa shape index (κ3) is 7.35. The summed E-state index contributed by atoms with van der Waals surface area (Å²) in [6.45, 7) is 4.33. The Balaban J connectivity index is 1.03. The molecule has 1 aliphatic carbocycles. The molecule has 4 aromatic carbocycles. The Labute approximate surface area is 285 Å². The fourth-order valence-electron chi connectivity index (χ4n) is 6.74. The number of anilines is 2. The van der Waals surface area contributed by atoms with Gasteiger partial charge in [-0.1, -0.05) is 61.0 Å². The zero-order valence-electron chi connectivity index (χ0n) is 27.1. The molecule has 2 fully saturated rings. The van der Waals surface area contributed by atoms with Crippen LogP contribution in [0.2, 0.25) is 0 Å². The predicted octanol–water partition coefficient (Wildman–Crippen LogP) is 7.04. The van der Waals surface area contributed by atoms with Gasteiger partial charge in [0.1, 0.15) is 6.33 Å². The van der Waals surface area contributed by atoms with Crippen molar-refractivity contribution >= 4 is 38.1 Å². The van der Waals surface area contributed by atoms with Crippen LogP contribution in [0.15, 0.2) is 102 Å². The molecular weight excluding hydrogens is 641 g/mol. The number of nitrogens with one attached hydrogen (secondary N) is 1. The summed E-state index contributed by atoms with van der Waals surface area (Å²) in [5.41, 5.74) is 4.98. The molecule has 0 unspecified atom stereocenters. The molecule has 7 rings (SSSR count). The van der Waals surface area contributed by atoms with E-state index >= 15 is 0 Å². The van der Waals surface area contributed by atoms with Crippen molar-refractivity contribution < 1.29 is 18.1 Å². The van der Waals surface area contributed by atoms with Crippen molar-refractivity contribution in [3.63, 3.8) is 0 Å². The summed E-state index contributed by atoms with van der Waals surface area (Å²) >= 11 is 0. The van der Waals surface area contributed by atoms with Crippen molar-refractivity contribution in [3.8, 4) is 16.9 Å². The summed E-state index contributed by atoms with van der Waals surface area (Å²) in [5.74, 6) is 0.178. The molecule has 0 radical (unpaired) electrons. The summed E-state index contributed by atoms with van der Waals surface area (Å²) in [6.07, 6.45) is 5.97. The maximum absolute atomic E-state index is 13.5. The largest absolute Gasteiger partial charge is 0.484 e. The molecule has 1 saturated heterocycles. The van der Waals surface area contributed by atoms with Crippen LogP contribution in [0.4, 0.5) is 17.2 Å². The number of piperazine rings is 1. The van der Waals surface area contributed by atoms with E-state index in [0.29, 0.717) is 10.9 Å². The smallest absolute Gasteiger partial charge is 0.312 e. The number of sulfonamides is 1. The topological polar surface area (TPSA) is 131 Å². The molecule has 252 valence electrons. The van der Waals surface area contributed by atoms with Gasteiger partial charge in [0.2, 0.25) is 0 Å². The second-order valence-electron chi connectivity index (χ2n) is 12.6. The summed E-state index contributed by atoms with van der Waals surface area (Å²) in [7, 11) is -4.21. The van der Waals surface area contributed by atoms with Crippen molar-refractivity contribution in [2.24, 2.45) is 0 Å². The first-order chi connectivity index (χ1) is 23.8. The van der Waals surface area contributed by atoms with Gasteiger partial charge in [-0.3, -0.25) is 19.7 Å². The highest BCUT2D eigenvalue weighted by Crippen LogP contribution is 2.34. The standard InChI is InChI=1S/C37H38N6O5S/c44-43(45)35-24-31(16-18-36(35)48-30-12-5-2-6-13-30)49(46,47)40-37-33-17-15-29(23-34(33)38-26-39-37)42-21-19-41(20-22-42)25-28-11-7-8-14-32(28)27-9-3-1-4-10-27/h1,3-4,7-11,14-18,23-24,26,30H,2,5-6,12-13,19-22,25H2,(H,38,39,40). The second kappa shape index (κ2) is 14.2. The molecule has 12 heteroatoms. The van der Waals surface area contributed by atoms with Crippen LogP contribution >= 0.6 is 0 Å². The van der Waals surface area contributed by atoms with Crippen molar-refractivity contribution in [1.82, 2.24) is 14.9 Å². The van der Waals surface area contributed by atoms with Crippen molar-refractivity contribution in [2.45, 2.75) is 49.6 Å². The van der Waals surface area contributed by atoms with Crippen LogP contribution in [0.5, 0.6) is 5.75 Å². The molecule has 0 amide bonds. The Kier molecular flexibility index (Phi) is 9.41. The van der Waals surface area contributed by atoms with Crippen LogP contribution in [0, 0.1) is 10.1 Å². The number of ether oxygens (including phenoxy) is 1. The number of aromatic nitrogens is 2. The molecule has 1 saturated carbocycles. The molecule has 1 aromatic heterocycles. The number of hydrogen-bond acceptors (Lipinski definition) is 9. The highest BCUT2D eigenvalue weighted by Gasteiger charge is 2.26. The molecule has 0 spiro atoms. The van der Waals surface area contributed by atoms with E-state index in [2.05, 4.69) is 73.0 Å². The fraction of sp³-hybridized carbons (Fsp3) is 0.297. The number of nitrogens with zero attached hydrogens (tertiary/aromatic N) is 5. The third-order valence-electron chi connectivity index (χ3n) is 9.37. The monoisotopic (exact) mass is 678 g/mol. The van der Waals surface area contributed by atoms with E-state index in [1.807, 2.05) is 24.3 Å². The summed E-state index contributed by atoms with van der Waals surface area (Å²) < 4.78 is 35.4. The van der Waals surface area contributed by atoms with Gasteiger partial charge in [0.15, 0.2) is 11.6 Å². The zero-order valence-corrected chi connectivity index (χ0v) is 27.9. The predicted molar refractivity (Wildman–Crippen MR) is 190 cm³/mol. The molecule has 1 N–H and O–H groups in total. The molecule has 2 aliphatic rings. The fourth-order valence-corrected chi connectivity index (χ4v) is 7.79. The lowest BCUT2D eigenvalue weighted by Gasteiger charge is -2.36. The van der Waals surface area contributed by atoms with Gasteiger partial charge in [-0.25, -0.2) is 18.4 Å². The van der Waals surface area contributed by atoms with Crippen LogP contribution in [0.3, 0.4) is 0 Å². The lowest BCUT2D eigenvalue weighted by atomic mass is 9.98. The first kappa shape index (κ1) is 32.5. The van der Waals surface area contributed by atoms with E-state index in [0.717, 1.165) is 76.6 Å². The van der Waals surface area contributed by atoms with E-state index in [1.165, 1.54) is 35.2 Å². The van der Waals surface area contributed by atoms with Gasteiger partial charge in [-0.2, -0.15) is 0 Å². The Hall–Kier alpha value is -5.07. The van der Waals surface area contributed by atoms with Crippen molar-refractivity contribution in [2.75, 3.05) is 35.8 Å².